The normalized spacial score (nSPS) is 11.5. The maximum Gasteiger partial charge on any atom is 0.138 e. The Balaban J connectivity index is 0.000000145. The molecule has 6 heterocycles. The molecule has 20 aromatic carbocycles. The summed E-state index contributed by atoms with van der Waals surface area (Å²) < 4.78 is 9.31. The zero-order valence-electron chi connectivity index (χ0n) is 74.3. The van der Waals surface area contributed by atoms with Gasteiger partial charge in [0.25, 0.3) is 0 Å². The van der Waals surface area contributed by atoms with E-state index in [2.05, 4.69) is 528 Å². The maximum atomic E-state index is 5.16. The molecule has 0 aliphatic carbocycles. The van der Waals surface area contributed by atoms with Crippen LogP contribution in [0.4, 0.5) is 0 Å². The molecule has 0 fully saturated rings. The van der Waals surface area contributed by atoms with Crippen LogP contribution in [0.3, 0.4) is 0 Å². The first-order valence-electron chi connectivity index (χ1n) is 46.5. The molecular formula is C130H86N6. The molecule has 0 spiro atoms. The Hall–Kier alpha value is -18.1. The van der Waals surface area contributed by atoms with Gasteiger partial charge >= 0.3 is 0 Å². The number of aromatic nitrogens is 6. The van der Waals surface area contributed by atoms with E-state index in [0.29, 0.717) is 0 Å². The third-order valence-electron chi connectivity index (χ3n) is 27.1. The van der Waals surface area contributed by atoms with Crippen LogP contribution in [0.15, 0.2) is 522 Å². The van der Waals surface area contributed by atoms with Crippen molar-refractivity contribution in [3.8, 4) is 157 Å². The Morgan fingerprint density at radius 1 is 0.110 bits per heavy atom. The molecule has 6 nitrogen and oxygen atoms in total. The quantitative estimate of drug-likeness (QED) is 0.0968. The van der Waals surface area contributed by atoms with Crippen molar-refractivity contribution >= 4 is 87.2 Å². The van der Waals surface area contributed by atoms with Gasteiger partial charge in [-0.05, 0) is 257 Å². The minimum absolute atomic E-state index is 0.907. The molecule has 0 atom stereocenters. The number of benzene rings is 20. The van der Waals surface area contributed by atoms with Gasteiger partial charge in [-0.25, -0.2) is 9.97 Å². The fourth-order valence-corrected chi connectivity index (χ4v) is 20.4. The van der Waals surface area contributed by atoms with Gasteiger partial charge in [-0.3, -0.25) is 9.13 Å². The van der Waals surface area contributed by atoms with Crippen molar-refractivity contribution < 1.29 is 0 Å². The maximum absolute atomic E-state index is 5.16. The summed E-state index contributed by atoms with van der Waals surface area (Å²) in [6.45, 7) is 0. The highest BCUT2D eigenvalue weighted by atomic mass is 15.1. The third-order valence-corrected chi connectivity index (χ3v) is 27.1. The number of nitrogens with zero attached hydrogens (tertiary/aromatic N) is 6. The average molecular weight is 1730 g/mol. The van der Waals surface area contributed by atoms with Crippen molar-refractivity contribution in [1.29, 1.82) is 0 Å². The van der Waals surface area contributed by atoms with Gasteiger partial charge < -0.3 is 9.13 Å². The van der Waals surface area contributed by atoms with Gasteiger partial charge in [-0.2, -0.15) is 0 Å². The van der Waals surface area contributed by atoms with E-state index in [9.17, 15) is 0 Å². The standard InChI is InChI=1S/2C65H43N3/c1-3-16-44(17-4-1)60-30-15-33-65(66-60)68-62-32-10-8-29-57(62)59-43-54(35-37-64(59)68)52-25-14-23-50(41-52)48-21-12-19-46(39-48)45-18-11-20-47(38-45)49-22-13-24-51(40-49)53-34-36-63-58(42-53)56-28-7-9-31-61(56)67(63)55-26-5-2-6-27-55;1-3-12-52(13-4-1)60-18-11-21-65(66-60)68-62-20-10-8-17-57(62)59-43-54(39-41-64(59)68)51-36-32-49(33-37-51)47-28-24-45(25-29-47)44-22-26-46(27-23-44)48-30-34-50(35-31-48)53-38-40-63-58(42-53)56-16-7-9-19-61(56)67(63)55-14-5-2-6-15-55/h2*1-43H. The highest BCUT2D eigenvalue weighted by Gasteiger charge is 2.22. The van der Waals surface area contributed by atoms with Crippen LogP contribution in [0.5, 0.6) is 0 Å². The van der Waals surface area contributed by atoms with Gasteiger partial charge in [0.2, 0.25) is 0 Å². The zero-order chi connectivity index (χ0) is 89.9. The van der Waals surface area contributed by atoms with Crippen molar-refractivity contribution in [3.63, 3.8) is 0 Å². The summed E-state index contributed by atoms with van der Waals surface area (Å²) in [6, 6.07) is 188. The first-order valence-corrected chi connectivity index (χ1v) is 46.5. The summed E-state index contributed by atoms with van der Waals surface area (Å²) in [5.74, 6) is 1.82. The Labute approximate surface area is 788 Å². The summed E-state index contributed by atoms with van der Waals surface area (Å²) in [5, 5.41) is 9.88. The Morgan fingerprint density at radius 2 is 0.294 bits per heavy atom. The molecule has 0 bridgehead atoms. The molecule has 636 valence electrons. The highest BCUT2D eigenvalue weighted by Crippen LogP contribution is 2.44. The molecular weight excluding hydrogens is 1650 g/mol. The number of rotatable bonds is 16. The summed E-state index contributed by atoms with van der Waals surface area (Å²) >= 11 is 0. The molecule has 0 N–H and O–H groups in total. The van der Waals surface area contributed by atoms with Gasteiger partial charge in [-0.15, -0.1) is 0 Å². The lowest BCUT2D eigenvalue weighted by atomic mass is 9.93. The lowest BCUT2D eigenvalue weighted by Gasteiger charge is -2.11. The van der Waals surface area contributed by atoms with Crippen molar-refractivity contribution in [1.82, 2.24) is 28.2 Å². The van der Waals surface area contributed by atoms with Crippen LogP contribution < -0.4 is 0 Å². The minimum Gasteiger partial charge on any atom is -0.309 e. The van der Waals surface area contributed by atoms with Crippen LogP contribution in [0.1, 0.15) is 0 Å². The fourth-order valence-electron chi connectivity index (χ4n) is 20.4. The predicted octanol–water partition coefficient (Wildman–Crippen LogP) is 34.6. The second-order valence-corrected chi connectivity index (χ2v) is 35.1. The first kappa shape index (κ1) is 80.0. The number of para-hydroxylation sites is 6. The lowest BCUT2D eigenvalue weighted by Crippen LogP contribution is -1.98. The van der Waals surface area contributed by atoms with Crippen LogP contribution >= 0.6 is 0 Å². The highest BCUT2D eigenvalue weighted by molar-refractivity contribution is 6.14. The molecule has 0 saturated carbocycles. The predicted molar refractivity (Wildman–Crippen MR) is 571 cm³/mol. The van der Waals surface area contributed by atoms with E-state index in [1.165, 1.54) is 188 Å². The molecule has 0 amide bonds. The van der Waals surface area contributed by atoms with Crippen LogP contribution in [-0.4, -0.2) is 28.2 Å². The van der Waals surface area contributed by atoms with Crippen molar-refractivity contribution in [2.75, 3.05) is 0 Å². The largest absolute Gasteiger partial charge is 0.309 e. The van der Waals surface area contributed by atoms with E-state index in [-0.39, 0.29) is 0 Å². The Morgan fingerprint density at radius 3 is 0.566 bits per heavy atom. The van der Waals surface area contributed by atoms with Crippen molar-refractivity contribution in [3.05, 3.63) is 522 Å². The Bertz CT molecular complexity index is 9040. The molecule has 0 radical (unpaired) electrons. The van der Waals surface area contributed by atoms with Gasteiger partial charge in [0, 0.05) is 65.6 Å². The smallest absolute Gasteiger partial charge is 0.138 e. The van der Waals surface area contributed by atoms with E-state index >= 15 is 0 Å². The molecule has 0 aliphatic heterocycles. The average Bonchev–Trinajstić information content (AvgIpc) is 1.60. The Kier molecular flexibility index (Phi) is 20.2. The van der Waals surface area contributed by atoms with Gasteiger partial charge in [-0.1, -0.05) is 376 Å². The second kappa shape index (κ2) is 34.3. The zero-order valence-corrected chi connectivity index (χ0v) is 74.3. The summed E-state index contributed by atoms with van der Waals surface area (Å²) in [6.07, 6.45) is 0. The molecule has 26 aromatic rings. The molecule has 0 saturated heterocycles. The number of hydrogen-bond donors (Lipinski definition) is 0. The fraction of sp³-hybridized carbons (Fsp3) is 0. The molecule has 26 rings (SSSR count). The molecule has 136 heavy (non-hydrogen) atoms. The van der Waals surface area contributed by atoms with E-state index < -0.39 is 0 Å². The van der Waals surface area contributed by atoms with E-state index in [1.54, 1.807) is 0 Å². The molecule has 6 heteroatoms. The summed E-state index contributed by atoms with van der Waals surface area (Å²) in [4.78, 5) is 10.3. The third kappa shape index (κ3) is 14.8. The number of hydrogen-bond acceptors (Lipinski definition) is 2. The van der Waals surface area contributed by atoms with Crippen LogP contribution in [0.2, 0.25) is 0 Å². The minimum atomic E-state index is 0.907. The van der Waals surface area contributed by atoms with Crippen molar-refractivity contribution in [2.45, 2.75) is 0 Å². The molecule has 0 unspecified atom stereocenters. The van der Waals surface area contributed by atoms with Gasteiger partial charge in [0.15, 0.2) is 0 Å². The molecule has 6 aromatic heterocycles. The SMILES string of the molecule is c1ccc(-c2cccc(-n3c4ccccc4c4cc(-c5ccc(-c6ccc(-c7ccc(-c8ccc(-c9ccc%10c(c9)c9ccccc9n%10-c9ccccc9)cc8)cc7)cc6)cc5)ccc43)n2)cc1.c1ccc(-c2cccc(-n3c4ccccc4c4cc(-c5cccc(-c6cccc(-c7cccc(-c8cccc(-c9ccc%10c(c9)c9ccccc9n%10-c9ccccc9)c8)c7)c6)c5)ccc43)n2)cc1. The van der Waals surface area contributed by atoms with E-state index in [4.69, 9.17) is 9.97 Å². The van der Waals surface area contributed by atoms with Gasteiger partial charge in [0.05, 0.1) is 55.5 Å². The number of pyridine rings is 2. The molecule has 0 aliphatic rings. The van der Waals surface area contributed by atoms with Crippen molar-refractivity contribution in [2.24, 2.45) is 0 Å². The monoisotopic (exact) mass is 1730 g/mol. The number of fused-ring (bicyclic) bond motifs is 12. The van der Waals surface area contributed by atoms with Crippen LogP contribution in [-0.2, 0) is 0 Å². The topological polar surface area (TPSA) is 45.5 Å². The first-order chi connectivity index (χ1) is 67.4. The second-order valence-electron chi connectivity index (χ2n) is 35.1. The van der Waals surface area contributed by atoms with Crippen LogP contribution in [0.25, 0.3) is 244 Å². The lowest BCUT2D eigenvalue weighted by molar-refractivity contribution is 1.08. The van der Waals surface area contributed by atoms with Gasteiger partial charge in [0.1, 0.15) is 11.6 Å². The summed E-state index contributed by atoms with van der Waals surface area (Å²) in [5.41, 5.74) is 39.8. The van der Waals surface area contributed by atoms with E-state index in [0.717, 1.165) is 56.2 Å². The van der Waals surface area contributed by atoms with E-state index in [1.807, 2.05) is 12.1 Å². The summed E-state index contributed by atoms with van der Waals surface area (Å²) in [7, 11) is 0. The van der Waals surface area contributed by atoms with Crippen LogP contribution in [0, 0.1) is 0 Å².